The molecule has 5 heteroatoms. The monoisotopic (exact) mass is 286 g/mol. The predicted octanol–water partition coefficient (Wildman–Crippen LogP) is 1.71. The first-order chi connectivity index (χ1) is 9.06. The second kappa shape index (κ2) is 5.34. The lowest BCUT2D eigenvalue weighted by molar-refractivity contribution is 0.305. The maximum Gasteiger partial charge on any atom is 0.215 e. The summed E-state index contributed by atoms with van der Waals surface area (Å²) < 4.78 is 26.8. The Labute approximate surface area is 116 Å². The molecule has 3 rings (SSSR count). The Morgan fingerprint density at radius 3 is 2.42 bits per heavy atom. The summed E-state index contributed by atoms with van der Waals surface area (Å²) in [6, 6.07) is 0.123. The van der Waals surface area contributed by atoms with Crippen LogP contribution in [0, 0.1) is 11.8 Å². The van der Waals surface area contributed by atoms with E-state index in [2.05, 4.69) is 0 Å². The Kier molecular flexibility index (Phi) is 3.89. The van der Waals surface area contributed by atoms with E-state index in [0.29, 0.717) is 11.8 Å². The maximum atomic E-state index is 12.5. The third-order valence-corrected chi connectivity index (χ3v) is 7.34. The van der Waals surface area contributed by atoms with Crippen molar-refractivity contribution in [3.8, 4) is 0 Å². The van der Waals surface area contributed by atoms with E-state index in [1.807, 2.05) is 0 Å². The summed E-state index contributed by atoms with van der Waals surface area (Å²) in [6.07, 6.45) is 9.29. The Morgan fingerprint density at radius 2 is 1.84 bits per heavy atom. The minimum absolute atomic E-state index is 0.163. The van der Waals surface area contributed by atoms with Crippen molar-refractivity contribution in [3.05, 3.63) is 0 Å². The van der Waals surface area contributed by atoms with Gasteiger partial charge in [0.2, 0.25) is 10.0 Å². The quantitative estimate of drug-likeness (QED) is 0.855. The summed E-state index contributed by atoms with van der Waals surface area (Å²) in [5.74, 6) is 1.20. The summed E-state index contributed by atoms with van der Waals surface area (Å²) in [5.41, 5.74) is 6.19. The molecule has 0 aromatic carbocycles. The van der Waals surface area contributed by atoms with E-state index in [4.69, 9.17) is 5.73 Å². The molecule has 3 atom stereocenters. The number of sulfonamides is 1. The average Bonchev–Trinajstić information content (AvgIpc) is 3.02. The fourth-order valence-electron chi connectivity index (χ4n) is 4.26. The Morgan fingerprint density at radius 1 is 1.11 bits per heavy atom. The zero-order chi connectivity index (χ0) is 13.5. The second-order valence-corrected chi connectivity index (χ2v) is 8.71. The van der Waals surface area contributed by atoms with Gasteiger partial charge in [-0.25, -0.2) is 8.42 Å². The van der Waals surface area contributed by atoms with Gasteiger partial charge in [0, 0.05) is 18.6 Å². The van der Waals surface area contributed by atoms with Crippen LogP contribution in [-0.4, -0.2) is 37.1 Å². The van der Waals surface area contributed by atoms with Crippen molar-refractivity contribution in [2.45, 2.75) is 63.5 Å². The van der Waals surface area contributed by atoms with Crippen LogP contribution in [0.1, 0.15) is 51.4 Å². The van der Waals surface area contributed by atoms with Gasteiger partial charge < -0.3 is 5.73 Å². The molecule has 2 aliphatic carbocycles. The first kappa shape index (κ1) is 13.8. The van der Waals surface area contributed by atoms with Gasteiger partial charge in [0.15, 0.2) is 0 Å². The van der Waals surface area contributed by atoms with Crippen LogP contribution in [0.25, 0.3) is 0 Å². The number of hydrogen-bond donors (Lipinski definition) is 1. The first-order valence-electron chi connectivity index (χ1n) is 7.81. The molecule has 0 radical (unpaired) electrons. The van der Waals surface area contributed by atoms with Crippen LogP contribution >= 0.6 is 0 Å². The van der Waals surface area contributed by atoms with Gasteiger partial charge in [0.25, 0.3) is 0 Å². The summed E-state index contributed by atoms with van der Waals surface area (Å²) in [4.78, 5) is 0. The summed E-state index contributed by atoms with van der Waals surface area (Å²) in [6.45, 7) is 0.754. The molecule has 110 valence electrons. The number of fused-ring (bicyclic) bond motifs is 2. The normalized spacial score (nSPS) is 34.8. The Balaban J connectivity index is 1.61. The zero-order valence-electron chi connectivity index (χ0n) is 11.6. The summed E-state index contributed by atoms with van der Waals surface area (Å²) >= 11 is 0. The molecule has 4 nitrogen and oxygen atoms in total. The van der Waals surface area contributed by atoms with Gasteiger partial charge in [0.05, 0.1) is 5.75 Å². The number of hydrogen-bond acceptors (Lipinski definition) is 3. The van der Waals surface area contributed by atoms with Crippen LogP contribution in [0.2, 0.25) is 0 Å². The molecule has 1 heterocycles. The van der Waals surface area contributed by atoms with Crippen molar-refractivity contribution < 1.29 is 8.42 Å². The van der Waals surface area contributed by atoms with Crippen LogP contribution in [0.3, 0.4) is 0 Å². The molecular formula is C14H26N2O2S. The first-order valence-corrected chi connectivity index (χ1v) is 9.42. The molecule has 3 fully saturated rings. The highest BCUT2D eigenvalue weighted by Gasteiger charge is 2.44. The predicted molar refractivity (Wildman–Crippen MR) is 76.2 cm³/mol. The average molecular weight is 286 g/mol. The van der Waals surface area contributed by atoms with Crippen LogP contribution in [0.4, 0.5) is 0 Å². The topological polar surface area (TPSA) is 63.4 Å². The molecule has 2 bridgehead atoms. The van der Waals surface area contributed by atoms with Crippen molar-refractivity contribution in [1.82, 2.24) is 4.31 Å². The Hall–Kier alpha value is -0.130. The van der Waals surface area contributed by atoms with E-state index in [1.54, 1.807) is 4.31 Å². The lowest BCUT2D eigenvalue weighted by atomic mass is 9.85. The SMILES string of the molecule is NC(CS(=O)(=O)N1CC2CCC1C2)C1CCCCC1. The van der Waals surface area contributed by atoms with E-state index < -0.39 is 10.0 Å². The van der Waals surface area contributed by atoms with Gasteiger partial charge in [-0.2, -0.15) is 4.31 Å². The molecular weight excluding hydrogens is 260 g/mol. The van der Waals surface area contributed by atoms with Crippen molar-refractivity contribution in [2.24, 2.45) is 17.6 Å². The number of nitrogens with zero attached hydrogens (tertiary/aromatic N) is 1. The van der Waals surface area contributed by atoms with E-state index >= 15 is 0 Å². The fraction of sp³-hybridized carbons (Fsp3) is 1.00. The summed E-state index contributed by atoms with van der Waals surface area (Å²) in [7, 11) is -3.13. The van der Waals surface area contributed by atoms with Gasteiger partial charge in [-0.3, -0.25) is 0 Å². The van der Waals surface area contributed by atoms with E-state index in [-0.39, 0.29) is 17.8 Å². The highest BCUT2D eigenvalue weighted by Crippen LogP contribution is 2.39. The standard InChI is InChI=1S/C14H26N2O2S/c15-14(12-4-2-1-3-5-12)10-19(17,18)16-9-11-6-7-13(16)8-11/h11-14H,1-10,15H2. The minimum atomic E-state index is -3.13. The van der Waals surface area contributed by atoms with Crippen molar-refractivity contribution in [2.75, 3.05) is 12.3 Å². The van der Waals surface area contributed by atoms with Gasteiger partial charge in [-0.05, 0) is 43.9 Å². The third kappa shape index (κ3) is 2.83. The lowest BCUT2D eigenvalue weighted by Crippen LogP contribution is -2.46. The van der Waals surface area contributed by atoms with Gasteiger partial charge in [-0.15, -0.1) is 0 Å². The molecule has 3 unspecified atom stereocenters. The molecule has 19 heavy (non-hydrogen) atoms. The zero-order valence-corrected chi connectivity index (χ0v) is 12.4. The van der Waals surface area contributed by atoms with E-state index in [9.17, 15) is 8.42 Å². The van der Waals surface area contributed by atoms with Gasteiger partial charge in [-0.1, -0.05) is 19.3 Å². The maximum absolute atomic E-state index is 12.5. The van der Waals surface area contributed by atoms with Crippen LogP contribution in [0.15, 0.2) is 0 Å². The van der Waals surface area contributed by atoms with Gasteiger partial charge in [0.1, 0.15) is 0 Å². The molecule has 0 spiro atoms. The fourth-order valence-corrected chi connectivity index (χ4v) is 6.29. The Bertz CT molecular complexity index is 417. The van der Waals surface area contributed by atoms with Crippen LogP contribution in [-0.2, 0) is 10.0 Å². The van der Waals surface area contributed by atoms with Crippen LogP contribution < -0.4 is 5.73 Å². The van der Waals surface area contributed by atoms with E-state index in [1.165, 1.54) is 25.7 Å². The molecule has 0 aromatic heterocycles. The molecule has 0 amide bonds. The van der Waals surface area contributed by atoms with Crippen molar-refractivity contribution in [1.29, 1.82) is 0 Å². The highest BCUT2D eigenvalue weighted by molar-refractivity contribution is 7.89. The van der Waals surface area contributed by atoms with Gasteiger partial charge >= 0.3 is 0 Å². The largest absolute Gasteiger partial charge is 0.326 e. The van der Waals surface area contributed by atoms with Crippen molar-refractivity contribution in [3.63, 3.8) is 0 Å². The molecule has 1 aliphatic heterocycles. The molecule has 2 saturated carbocycles. The summed E-state index contributed by atoms with van der Waals surface area (Å²) in [5, 5.41) is 0. The number of nitrogens with two attached hydrogens (primary N) is 1. The minimum Gasteiger partial charge on any atom is -0.326 e. The molecule has 1 saturated heterocycles. The van der Waals surface area contributed by atoms with E-state index in [0.717, 1.165) is 32.2 Å². The smallest absolute Gasteiger partial charge is 0.215 e. The lowest BCUT2D eigenvalue weighted by Gasteiger charge is -2.31. The molecule has 0 aromatic rings. The number of rotatable bonds is 4. The van der Waals surface area contributed by atoms with Crippen molar-refractivity contribution >= 4 is 10.0 Å². The molecule has 3 aliphatic rings. The van der Waals surface area contributed by atoms with Crippen LogP contribution in [0.5, 0.6) is 0 Å². The highest BCUT2D eigenvalue weighted by atomic mass is 32.2. The third-order valence-electron chi connectivity index (χ3n) is 5.37. The molecule has 2 N–H and O–H groups in total. The number of piperidine rings is 1. The second-order valence-electron chi connectivity index (χ2n) is 6.74.